The minimum Gasteiger partial charge on any atom is -0.497 e. The number of amides is 1. The molecule has 0 saturated carbocycles. The molecule has 2 aromatic heterocycles. The Kier molecular flexibility index (Phi) is 6.12. The number of carbonyl (C=O) groups excluding carboxylic acids is 1. The van der Waals surface area contributed by atoms with Crippen LogP contribution < -0.4 is 9.64 Å². The predicted octanol–water partition coefficient (Wildman–Crippen LogP) is 3.24. The average molecular weight is 461 g/mol. The summed E-state index contributed by atoms with van der Waals surface area (Å²) < 4.78 is 6.93. The fraction of sp³-hybridized carbons (Fsp3) is 0.250. The van der Waals surface area contributed by atoms with Gasteiger partial charge in [-0.2, -0.15) is 9.61 Å². The molecule has 0 radical (unpaired) electrons. The molecule has 9 heteroatoms. The Bertz CT molecular complexity index is 1240. The van der Waals surface area contributed by atoms with Gasteiger partial charge in [-0.05, 0) is 48.5 Å². The van der Waals surface area contributed by atoms with Crippen molar-refractivity contribution in [3.05, 3.63) is 66.7 Å². The first-order valence-corrected chi connectivity index (χ1v) is 11.8. The second-order valence-corrected chi connectivity index (χ2v) is 8.63. The first-order chi connectivity index (χ1) is 16.2. The molecule has 0 spiro atoms. The van der Waals surface area contributed by atoms with Crippen LogP contribution in [-0.2, 0) is 4.79 Å². The molecule has 1 aliphatic heterocycles. The lowest BCUT2D eigenvalue weighted by Gasteiger charge is -2.36. The summed E-state index contributed by atoms with van der Waals surface area (Å²) in [4.78, 5) is 17.1. The third-order valence-corrected chi connectivity index (χ3v) is 6.60. The number of piperazine rings is 1. The highest BCUT2D eigenvalue weighted by Gasteiger charge is 2.22. The first kappa shape index (κ1) is 21.3. The highest BCUT2D eigenvalue weighted by Crippen LogP contribution is 2.23. The number of hydrogen-bond donors (Lipinski definition) is 0. The summed E-state index contributed by atoms with van der Waals surface area (Å²) in [6, 6.07) is 21.8. The van der Waals surface area contributed by atoms with Crippen LogP contribution in [0.4, 0.5) is 5.69 Å². The van der Waals surface area contributed by atoms with Crippen LogP contribution in [0, 0.1) is 0 Å². The van der Waals surface area contributed by atoms with E-state index in [1.807, 2.05) is 59.5 Å². The molecule has 1 amide bonds. The monoisotopic (exact) mass is 460 g/mol. The molecule has 8 nitrogen and oxygen atoms in total. The Balaban J connectivity index is 1.22. The lowest BCUT2D eigenvalue weighted by molar-refractivity contribution is -0.128. The van der Waals surface area contributed by atoms with Crippen LogP contribution in [0.25, 0.3) is 16.9 Å². The molecule has 5 rings (SSSR count). The van der Waals surface area contributed by atoms with Crippen LogP contribution in [0.2, 0.25) is 0 Å². The minimum atomic E-state index is 0.107. The zero-order valence-electron chi connectivity index (χ0n) is 18.3. The summed E-state index contributed by atoms with van der Waals surface area (Å²) in [6.07, 6.45) is 0. The van der Waals surface area contributed by atoms with Gasteiger partial charge in [0.05, 0.1) is 18.6 Å². The van der Waals surface area contributed by atoms with Crippen molar-refractivity contribution < 1.29 is 9.53 Å². The van der Waals surface area contributed by atoms with E-state index in [1.165, 1.54) is 17.4 Å². The number of hydrogen-bond acceptors (Lipinski definition) is 7. The van der Waals surface area contributed by atoms with E-state index in [-0.39, 0.29) is 5.91 Å². The fourth-order valence-electron chi connectivity index (χ4n) is 3.85. The van der Waals surface area contributed by atoms with Gasteiger partial charge in [-0.15, -0.1) is 10.2 Å². The van der Waals surface area contributed by atoms with Gasteiger partial charge < -0.3 is 14.5 Å². The zero-order valence-corrected chi connectivity index (χ0v) is 19.1. The maximum atomic E-state index is 12.8. The van der Waals surface area contributed by atoms with Crippen molar-refractivity contribution in [2.75, 3.05) is 43.9 Å². The normalized spacial score (nSPS) is 14.0. The Morgan fingerprint density at radius 2 is 1.70 bits per heavy atom. The van der Waals surface area contributed by atoms with Crippen LogP contribution in [-0.4, -0.2) is 69.7 Å². The summed E-state index contributed by atoms with van der Waals surface area (Å²) in [7, 11) is 1.64. The summed E-state index contributed by atoms with van der Waals surface area (Å²) >= 11 is 1.37. The number of nitrogens with zero attached hydrogens (tertiary/aromatic N) is 6. The van der Waals surface area contributed by atoms with Gasteiger partial charge in [0.2, 0.25) is 11.1 Å². The smallest absolute Gasteiger partial charge is 0.233 e. The first-order valence-electron chi connectivity index (χ1n) is 10.8. The number of rotatable bonds is 6. The number of fused-ring (bicyclic) bond motifs is 1. The van der Waals surface area contributed by atoms with Crippen molar-refractivity contribution in [1.82, 2.24) is 24.7 Å². The molecule has 33 heavy (non-hydrogen) atoms. The molecule has 4 aromatic rings. The molecule has 1 saturated heterocycles. The van der Waals surface area contributed by atoms with Crippen LogP contribution >= 0.6 is 11.8 Å². The fourth-order valence-corrected chi connectivity index (χ4v) is 4.64. The largest absolute Gasteiger partial charge is 0.497 e. The second kappa shape index (κ2) is 9.50. The number of para-hydroxylation sites is 1. The minimum absolute atomic E-state index is 0.107. The van der Waals surface area contributed by atoms with Crippen molar-refractivity contribution in [2.45, 2.75) is 5.16 Å². The number of benzene rings is 2. The number of ether oxygens (including phenoxy) is 1. The molecule has 1 fully saturated rings. The number of thioether (sulfide) groups is 1. The van der Waals surface area contributed by atoms with Crippen LogP contribution in [0.5, 0.6) is 5.75 Å². The van der Waals surface area contributed by atoms with Gasteiger partial charge in [0.15, 0.2) is 5.65 Å². The molecular formula is C24H24N6O2S. The van der Waals surface area contributed by atoms with Crippen molar-refractivity contribution in [3.8, 4) is 17.0 Å². The summed E-state index contributed by atoms with van der Waals surface area (Å²) in [5.41, 5.74) is 3.62. The molecule has 0 unspecified atom stereocenters. The Morgan fingerprint density at radius 1 is 0.939 bits per heavy atom. The molecule has 0 bridgehead atoms. The van der Waals surface area contributed by atoms with Gasteiger partial charge in [0.25, 0.3) is 0 Å². The standard InChI is InChI=1S/C24H24N6O2S/c1-32-20-9-7-18(8-10-20)21-11-12-22-25-26-24(30(22)27-21)33-17-23(31)29-15-13-28(14-16-29)19-5-3-2-4-6-19/h2-12H,13-17H2,1H3. The van der Waals surface area contributed by atoms with Crippen LogP contribution in [0.15, 0.2) is 71.9 Å². The van der Waals surface area contributed by atoms with E-state index in [9.17, 15) is 4.79 Å². The van der Waals surface area contributed by atoms with Crippen molar-refractivity contribution >= 4 is 29.0 Å². The van der Waals surface area contributed by atoms with Gasteiger partial charge in [0.1, 0.15) is 5.75 Å². The van der Waals surface area contributed by atoms with E-state index in [0.29, 0.717) is 16.6 Å². The maximum absolute atomic E-state index is 12.8. The quantitative estimate of drug-likeness (QED) is 0.409. The Hall–Kier alpha value is -3.59. The lowest BCUT2D eigenvalue weighted by atomic mass is 10.1. The van der Waals surface area contributed by atoms with Gasteiger partial charge in [-0.25, -0.2) is 0 Å². The van der Waals surface area contributed by atoms with E-state index in [2.05, 4.69) is 27.2 Å². The maximum Gasteiger partial charge on any atom is 0.233 e. The summed E-state index contributed by atoms with van der Waals surface area (Å²) in [5, 5.41) is 13.7. The van der Waals surface area contributed by atoms with Gasteiger partial charge in [-0.3, -0.25) is 4.79 Å². The van der Waals surface area contributed by atoms with Crippen molar-refractivity contribution in [1.29, 1.82) is 0 Å². The van der Waals surface area contributed by atoms with E-state index < -0.39 is 0 Å². The Labute approximate surface area is 196 Å². The highest BCUT2D eigenvalue weighted by molar-refractivity contribution is 7.99. The van der Waals surface area contributed by atoms with Crippen molar-refractivity contribution in [2.24, 2.45) is 0 Å². The van der Waals surface area contributed by atoms with E-state index in [1.54, 1.807) is 11.6 Å². The highest BCUT2D eigenvalue weighted by atomic mass is 32.2. The zero-order chi connectivity index (χ0) is 22.6. The number of methoxy groups -OCH3 is 1. The molecular weight excluding hydrogens is 436 g/mol. The molecule has 0 N–H and O–H groups in total. The molecule has 0 atom stereocenters. The topological polar surface area (TPSA) is 75.9 Å². The molecule has 0 aliphatic carbocycles. The lowest BCUT2D eigenvalue weighted by Crippen LogP contribution is -2.49. The van der Waals surface area contributed by atoms with Crippen molar-refractivity contribution in [3.63, 3.8) is 0 Å². The van der Waals surface area contributed by atoms with Crippen LogP contribution in [0.1, 0.15) is 0 Å². The van der Waals surface area contributed by atoms with E-state index in [4.69, 9.17) is 9.84 Å². The number of carbonyl (C=O) groups is 1. The molecule has 1 aliphatic rings. The second-order valence-electron chi connectivity index (χ2n) is 7.69. The molecule has 2 aromatic carbocycles. The molecule has 3 heterocycles. The SMILES string of the molecule is COc1ccc(-c2ccc3nnc(SCC(=O)N4CCN(c5ccccc5)CC4)n3n2)cc1. The van der Waals surface area contributed by atoms with Gasteiger partial charge in [-0.1, -0.05) is 30.0 Å². The number of aromatic nitrogens is 4. The summed E-state index contributed by atoms with van der Waals surface area (Å²) in [6.45, 7) is 3.10. The predicted molar refractivity (Wildman–Crippen MR) is 129 cm³/mol. The summed E-state index contributed by atoms with van der Waals surface area (Å²) in [5.74, 6) is 1.21. The van der Waals surface area contributed by atoms with Gasteiger partial charge >= 0.3 is 0 Å². The van der Waals surface area contributed by atoms with Gasteiger partial charge in [0, 0.05) is 37.4 Å². The third kappa shape index (κ3) is 4.63. The van der Waals surface area contributed by atoms with E-state index in [0.717, 1.165) is 43.2 Å². The number of anilines is 1. The van der Waals surface area contributed by atoms with E-state index >= 15 is 0 Å². The Morgan fingerprint density at radius 3 is 2.42 bits per heavy atom. The average Bonchev–Trinajstić information content (AvgIpc) is 3.30. The van der Waals surface area contributed by atoms with Crippen LogP contribution in [0.3, 0.4) is 0 Å². The third-order valence-electron chi connectivity index (χ3n) is 5.70. The molecule has 168 valence electrons.